The molecule has 1 fully saturated rings. The lowest BCUT2D eigenvalue weighted by Gasteiger charge is -2.14. The Balaban J connectivity index is 2.22. The van der Waals surface area contributed by atoms with Gasteiger partial charge < -0.3 is 4.90 Å². The molecule has 1 saturated heterocycles. The van der Waals surface area contributed by atoms with Gasteiger partial charge in [0.05, 0.1) is 17.4 Å². The van der Waals surface area contributed by atoms with Crippen molar-refractivity contribution >= 4 is 17.6 Å². The van der Waals surface area contributed by atoms with Crippen molar-refractivity contribution in [2.75, 3.05) is 11.4 Å². The zero-order valence-corrected chi connectivity index (χ0v) is 7.91. The van der Waals surface area contributed by atoms with Gasteiger partial charge in [-0.3, -0.25) is 4.99 Å². The Labute approximate surface area is 77.9 Å². The molecule has 0 amide bonds. The van der Waals surface area contributed by atoms with Crippen LogP contribution in [0.5, 0.6) is 0 Å². The molecule has 1 atom stereocenters. The third kappa shape index (κ3) is 0.916. The molecule has 0 aromatic heterocycles. The van der Waals surface area contributed by atoms with Crippen molar-refractivity contribution in [2.24, 2.45) is 4.99 Å². The zero-order valence-electron chi connectivity index (χ0n) is 7.91. The Morgan fingerprint density at radius 1 is 1.31 bits per heavy atom. The maximum absolute atomic E-state index is 4.45. The molecule has 0 N–H and O–H groups in total. The molecule has 2 heteroatoms. The van der Waals surface area contributed by atoms with Crippen molar-refractivity contribution in [1.29, 1.82) is 0 Å². The second-order valence-electron chi connectivity index (χ2n) is 3.92. The van der Waals surface area contributed by atoms with E-state index < -0.39 is 0 Å². The summed E-state index contributed by atoms with van der Waals surface area (Å²) in [5.41, 5.74) is 5.14. The van der Waals surface area contributed by atoms with Gasteiger partial charge in [-0.15, -0.1) is 0 Å². The van der Waals surface area contributed by atoms with Crippen LogP contribution < -0.4 is 4.90 Å². The highest BCUT2D eigenvalue weighted by molar-refractivity contribution is 5.90. The molecule has 1 aromatic rings. The van der Waals surface area contributed by atoms with E-state index in [1.54, 1.807) is 0 Å². The number of rotatable bonds is 0. The summed E-state index contributed by atoms with van der Waals surface area (Å²) in [7, 11) is 0. The van der Waals surface area contributed by atoms with Gasteiger partial charge in [-0.1, -0.05) is 0 Å². The maximum Gasteiger partial charge on any atom is 0.0863 e. The van der Waals surface area contributed by atoms with Gasteiger partial charge in [0.2, 0.25) is 0 Å². The SMILES string of the molecule is Cc1cc2c(cc1C)N1CC1C=N2. The van der Waals surface area contributed by atoms with Gasteiger partial charge in [0.25, 0.3) is 0 Å². The Bertz CT molecular complexity index is 407. The van der Waals surface area contributed by atoms with Crippen LogP contribution in [0.1, 0.15) is 11.1 Å². The lowest BCUT2D eigenvalue weighted by Crippen LogP contribution is -2.05. The average molecular weight is 172 g/mol. The molecule has 3 rings (SSSR count). The predicted octanol–water partition coefficient (Wildman–Crippen LogP) is 2.21. The van der Waals surface area contributed by atoms with Crippen molar-refractivity contribution in [1.82, 2.24) is 0 Å². The number of anilines is 1. The first-order chi connectivity index (χ1) is 6.25. The molecule has 13 heavy (non-hydrogen) atoms. The van der Waals surface area contributed by atoms with E-state index in [4.69, 9.17) is 0 Å². The molecule has 2 nitrogen and oxygen atoms in total. The van der Waals surface area contributed by atoms with Crippen LogP contribution in [0.25, 0.3) is 0 Å². The Morgan fingerprint density at radius 2 is 2.08 bits per heavy atom. The lowest BCUT2D eigenvalue weighted by molar-refractivity contribution is 1.24. The number of hydrogen-bond donors (Lipinski definition) is 0. The quantitative estimate of drug-likeness (QED) is 0.548. The molecule has 2 aliphatic rings. The molecule has 1 aromatic carbocycles. The van der Waals surface area contributed by atoms with E-state index in [0.717, 1.165) is 12.2 Å². The highest BCUT2D eigenvalue weighted by atomic mass is 15.3. The molecule has 2 aliphatic heterocycles. The van der Waals surface area contributed by atoms with E-state index >= 15 is 0 Å². The van der Waals surface area contributed by atoms with Crippen LogP contribution in [-0.2, 0) is 0 Å². The second-order valence-corrected chi connectivity index (χ2v) is 3.92. The maximum atomic E-state index is 4.45. The summed E-state index contributed by atoms with van der Waals surface area (Å²) in [5, 5.41) is 0. The first-order valence-corrected chi connectivity index (χ1v) is 4.68. The summed E-state index contributed by atoms with van der Waals surface area (Å²) in [6, 6.07) is 5.02. The number of aliphatic imine (C=N–C) groups is 1. The third-order valence-corrected chi connectivity index (χ3v) is 2.94. The van der Waals surface area contributed by atoms with Crippen molar-refractivity contribution in [2.45, 2.75) is 19.9 Å². The highest BCUT2D eigenvalue weighted by Crippen LogP contribution is 2.40. The second kappa shape index (κ2) is 2.13. The van der Waals surface area contributed by atoms with Gasteiger partial charge in [0, 0.05) is 12.8 Å². The first-order valence-electron chi connectivity index (χ1n) is 4.68. The number of fused-ring (bicyclic) bond motifs is 3. The summed E-state index contributed by atoms with van der Waals surface area (Å²) in [6.07, 6.45) is 2.05. The summed E-state index contributed by atoms with van der Waals surface area (Å²) >= 11 is 0. The van der Waals surface area contributed by atoms with Crippen molar-refractivity contribution in [3.05, 3.63) is 23.3 Å². The van der Waals surface area contributed by atoms with Gasteiger partial charge in [-0.2, -0.15) is 0 Å². The normalized spacial score (nSPS) is 22.6. The van der Waals surface area contributed by atoms with E-state index in [2.05, 4.69) is 42.1 Å². The van der Waals surface area contributed by atoms with Crippen LogP contribution in [-0.4, -0.2) is 18.8 Å². The number of nitrogens with zero attached hydrogens (tertiary/aromatic N) is 2. The summed E-state index contributed by atoms with van der Waals surface area (Å²) in [6.45, 7) is 5.45. The lowest BCUT2D eigenvalue weighted by atomic mass is 10.1. The molecule has 0 radical (unpaired) electrons. The topological polar surface area (TPSA) is 15.4 Å². The number of aryl methyl sites for hydroxylation is 2. The average Bonchev–Trinajstić information content (AvgIpc) is 2.86. The third-order valence-electron chi connectivity index (χ3n) is 2.94. The smallest absolute Gasteiger partial charge is 0.0863 e. The minimum atomic E-state index is 0.592. The summed E-state index contributed by atoms with van der Waals surface area (Å²) < 4.78 is 0. The molecule has 0 spiro atoms. The molecule has 0 bridgehead atoms. The minimum Gasteiger partial charge on any atom is -0.358 e. The fourth-order valence-corrected chi connectivity index (χ4v) is 1.84. The van der Waals surface area contributed by atoms with E-state index in [9.17, 15) is 0 Å². The zero-order chi connectivity index (χ0) is 9.00. The largest absolute Gasteiger partial charge is 0.358 e. The van der Waals surface area contributed by atoms with E-state index in [1.165, 1.54) is 16.8 Å². The fraction of sp³-hybridized carbons (Fsp3) is 0.364. The first kappa shape index (κ1) is 7.13. The molecule has 1 unspecified atom stereocenters. The Kier molecular flexibility index (Phi) is 1.17. The molecule has 66 valence electrons. The minimum absolute atomic E-state index is 0.592. The Hall–Kier alpha value is -1.31. The van der Waals surface area contributed by atoms with Crippen molar-refractivity contribution in [3.8, 4) is 0 Å². The molecule has 0 saturated carbocycles. The van der Waals surface area contributed by atoms with Gasteiger partial charge in [-0.25, -0.2) is 0 Å². The van der Waals surface area contributed by atoms with E-state index in [0.29, 0.717) is 6.04 Å². The van der Waals surface area contributed by atoms with Crippen molar-refractivity contribution in [3.63, 3.8) is 0 Å². The molecule has 2 heterocycles. The summed E-state index contributed by atoms with van der Waals surface area (Å²) in [4.78, 5) is 6.83. The van der Waals surface area contributed by atoms with Crippen LogP contribution >= 0.6 is 0 Å². The van der Waals surface area contributed by atoms with Gasteiger partial charge >= 0.3 is 0 Å². The molecular formula is C11H12N2. The number of benzene rings is 1. The van der Waals surface area contributed by atoms with E-state index in [1.807, 2.05) is 0 Å². The fourth-order valence-electron chi connectivity index (χ4n) is 1.84. The standard InChI is InChI=1S/C11H12N2/c1-7-3-10-11(4-8(7)2)13-6-9(13)5-12-10/h3-5,9H,6H2,1-2H3. The molecular weight excluding hydrogens is 160 g/mol. The van der Waals surface area contributed by atoms with Crippen LogP contribution in [0.15, 0.2) is 17.1 Å². The van der Waals surface area contributed by atoms with Crippen LogP contribution in [0.4, 0.5) is 11.4 Å². The van der Waals surface area contributed by atoms with Crippen LogP contribution in [0, 0.1) is 13.8 Å². The molecule has 0 aliphatic carbocycles. The highest BCUT2D eigenvalue weighted by Gasteiger charge is 2.36. The van der Waals surface area contributed by atoms with Gasteiger partial charge in [0.15, 0.2) is 0 Å². The Morgan fingerprint density at radius 3 is 2.92 bits per heavy atom. The van der Waals surface area contributed by atoms with E-state index in [-0.39, 0.29) is 0 Å². The van der Waals surface area contributed by atoms with Crippen molar-refractivity contribution < 1.29 is 0 Å². The number of hydrogen-bond acceptors (Lipinski definition) is 2. The monoisotopic (exact) mass is 172 g/mol. The summed E-state index contributed by atoms with van der Waals surface area (Å²) in [5.74, 6) is 0. The van der Waals surface area contributed by atoms with Gasteiger partial charge in [0.1, 0.15) is 0 Å². The predicted molar refractivity (Wildman–Crippen MR) is 55.2 cm³/mol. The van der Waals surface area contributed by atoms with Crippen LogP contribution in [0.2, 0.25) is 0 Å². The van der Waals surface area contributed by atoms with Gasteiger partial charge in [-0.05, 0) is 37.1 Å². The van der Waals surface area contributed by atoms with Crippen LogP contribution in [0.3, 0.4) is 0 Å².